The normalized spacial score (nSPS) is 15.3. The summed E-state index contributed by atoms with van der Waals surface area (Å²) in [5.74, 6) is -1.16. The third-order valence-corrected chi connectivity index (χ3v) is 4.99. The fourth-order valence-corrected chi connectivity index (χ4v) is 3.38. The quantitative estimate of drug-likeness (QED) is 0.801. The Morgan fingerprint density at radius 3 is 2.21 bits per heavy atom. The second kappa shape index (κ2) is 9.19. The lowest BCUT2D eigenvalue weighted by atomic mass is 10.1. The van der Waals surface area contributed by atoms with Gasteiger partial charge in [-0.15, -0.1) is 0 Å². The fourth-order valence-electron chi connectivity index (χ4n) is 3.15. The molecule has 0 aromatic heterocycles. The van der Waals surface area contributed by atoms with Crippen molar-refractivity contribution in [3.05, 3.63) is 64.7 Å². The zero-order valence-corrected chi connectivity index (χ0v) is 16.1. The highest BCUT2D eigenvalue weighted by Crippen LogP contribution is 2.26. The summed E-state index contributed by atoms with van der Waals surface area (Å²) in [5.41, 5.74) is 0.347. The number of hydrogen-bond donors (Lipinski definition) is 1. The number of alkyl halides is 2. The Balaban J connectivity index is 1.64. The maximum atomic E-state index is 12.7. The van der Waals surface area contributed by atoms with Crippen LogP contribution in [-0.2, 0) is 4.79 Å². The van der Waals surface area contributed by atoms with Crippen molar-refractivity contribution >= 4 is 23.4 Å². The molecule has 1 saturated heterocycles. The van der Waals surface area contributed by atoms with Crippen LogP contribution < -0.4 is 4.74 Å². The second-order valence-electron chi connectivity index (χ2n) is 6.42. The summed E-state index contributed by atoms with van der Waals surface area (Å²) < 4.78 is 29.5. The van der Waals surface area contributed by atoms with Crippen LogP contribution in [0.25, 0.3) is 0 Å². The molecule has 1 atom stereocenters. The van der Waals surface area contributed by atoms with Crippen molar-refractivity contribution in [3.63, 3.8) is 0 Å². The molecular formula is C20H19ClF2N2O4. The standard InChI is InChI=1S/C20H19ClF2N2O4/c21-15-7-3-1-5-13(15)17(26)19(28)25-11-9-24(10-12-25)18(27)14-6-2-4-8-16(14)29-20(22)23/h1-8,17,20,26H,9-12H2/t17-/m1/s1. The number of ether oxygens (including phenoxy) is 1. The first-order valence-corrected chi connectivity index (χ1v) is 9.30. The number of halogens is 3. The van der Waals surface area contributed by atoms with Gasteiger partial charge in [0.2, 0.25) is 0 Å². The predicted octanol–water partition coefficient (Wildman–Crippen LogP) is 2.96. The summed E-state index contributed by atoms with van der Waals surface area (Å²) in [6, 6.07) is 12.3. The van der Waals surface area contributed by atoms with Gasteiger partial charge in [0.1, 0.15) is 5.75 Å². The molecule has 9 heteroatoms. The van der Waals surface area contributed by atoms with Gasteiger partial charge in [-0.2, -0.15) is 8.78 Å². The third kappa shape index (κ3) is 4.83. The molecule has 29 heavy (non-hydrogen) atoms. The minimum Gasteiger partial charge on any atom is -0.434 e. The minimum absolute atomic E-state index is 0.0312. The molecule has 2 amide bonds. The van der Waals surface area contributed by atoms with E-state index in [9.17, 15) is 23.5 Å². The lowest BCUT2D eigenvalue weighted by Gasteiger charge is -2.36. The molecule has 1 aliphatic heterocycles. The lowest BCUT2D eigenvalue weighted by Crippen LogP contribution is -2.51. The van der Waals surface area contributed by atoms with E-state index in [1.165, 1.54) is 28.0 Å². The SMILES string of the molecule is O=C(c1ccccc1OC(F)F)N1CCN(C(=O)[C@H](O)c2ccccc2Cl)CC1. The van der Waals surface area contributed by atoms with Crippen molar-refractivity contribution in [1.82, 2.24) is 9.80 Å². The average Bonchev–Trinajstić information content (AvgIpc) is 2.73. The molecule has 6 nitrogen and oxygen atoms in total. The fraction of sp³-hybridized carbons (Fsp3) is 0.300. The van der Waals surface area contributed by atoms with Gasteiger partial charge in [-0.05, 0) is 18.2 Å². The number of rotatable bonds is 5. The van der Waals surface area contributed by atoms with E-state index in [0.29, 0.717) is 5.56 Å². The van der Waals surface area contributed by atoms with E-state index in [2.05, 4.69) is 4.74 Å². The highest BCUT2D eigenvalue weighted by atomic mass is 35.5. The molecule has 3 rings (SSSR count). The van der Waals surface area contributed by atoms with E-state index in [4.69, 9.17) is 11.6 Å². The van der Waals surface area contributed by atoms with Crippen LogP contribution in [0.4, 0.5) is 8.78 Å². The van der Waals surface area contributed by atoms with Gasteiger partial charge in [0, 0.05) is 36.8 Å². The van der Waals surface area contributed by atoms with E-state index in [1.54, 1.807) is 30.3 Å². The molecule has 1 N–H and O–H groups in total. The summed E-state index contributed by atoms with van der Waals surface area (Å²) in [4.78, 5) is 28.2. The van der Waals surface area contributed by atoms with Crippen LogP contribution in [-0.4, -0.2) is 59.5 Å². The molecule has 2 aromatic rings. The van der Waals surface area contributed by atoms with Gasteiger partial charge in [-0.3, -0.25) is 9.59 Å². The van der Waals surface area contributed by atoms with E-state index in [0.717, 1.165) is 0 Å². The zero-order chi connectivity index (χ0) is 21.0. The highest BCUT2D eigenvalue weighted by molar-refractivity contribution is 6.31. The van der Waals surface area contributed by atoms with Crippen molar-refractivity contribution in [3.8, 4) is 5.75 Å². The summed E-state index contributed by atoms with van der Waals surface area (Å²) >= 11 is 6.04. The van der Waals surface area contributed by atoms with Crippen LogP contribution in [0.15, 0.2) is 48.5 Å². The molecule has 0 saturated carbocycles. The summed E-state index contributed by atoms with van der Waals surface area (Å²) in [6.07, 6.45) is -1.40. The van der Waals surface area contributed by atoms with Gasteiger partial charge in [-0.25, -0.2) is 0 Å². The molecule has 0 unspecified atom stereocenters. The lowest BCUT2D eigenvalue weighted by molar-refractivity contribution is -0.142. The Morgan fingerprint density at radius 1 is 0.966 bits per heavy atom. The molecule has 0 spiro atoms. The van der Waals surface area contributed by atoms with Crippen LogP contribution in [0.3, 0.4) is 0 Å². The first-order chi connectivity index (χ1) is 13.9. The monoisotopic (exact) mass is 424 g/mol. The molecular weight excluding hydrogens is 406 g/mol. The number of piperazine rings is 1. The number of aliphatic hydroxyl groups excluding tert-OH is 1. The maximum absolute atomic E-state index is 12.7. The number of carbonyl (C=O) groups is 2. The number of aliphatic hydroxyl groups is 1. The second-order valence-corrected chi connectivity index (χ2v) is 6.82. The van der Waals surface area contributed by atoms with E-state index in [-0.39, 0.29) is 42.5 Å². The Labute approximate surface area is 171 Å². The van der Waals surface area contributed by atoms with Gasteiger partial charge >= 0.3 is 6.61 Å². The van der Waals surface area contributed by atoms with Crippen LogP contribution in [0.1, 0.15) is 22.0 Å². The largest absolute Gasteiger partial charge is 0.434 e. The first-order valence-electron chi connectivity index (χ1n) is 8.93. The van der Waals surface area contributed by atoms with Crippen molar-refractivity contribution in [2.24, 2.45) is 0 Å². The van der Waals surface area contributed by atoms with Crippen LogP contribution >= 0.6 is 11.6 Å². The van der Waals surface area contributed by atoms with E-state index >= 15 is 0 Å². The summed E-state index contributed by atoms with van der Waals surface area (Å²) in [6.45, 7) is -2.25. The van der Waals surface area contributed by atoms with Crippen molar-refractivity contribution < 1.29 is 28.2 Å². The van der Waals surface area contributed by atoms with Crippen molar-refractivity contribution in [1.29, 1.82) is 0 Å². The first kappa shape index (κ1) is 21.0. The summed E-state index contributed by atoms with van der Waals surface area (Å²) in [7, 11) is 0. The summed E-state index contributed by atoms with van der Waals surface area (Å²) in [5, 5.41) is 10.6. The number of para-hydroxylation sites is 1. The van der Waals surface area contributed by atoms with Crippen LogP contribution in [0.2, 0.25) is 5.02 Å². The highest BCUT2D eigenvalue weighted by Gasteiger charge is 2.30. The molecule has 0 bridgehead atoms. The van der Waals surface area contributed by atoms with E-state index in [1.807, 2.05) is 0 Å². The van der Waals surface area contributed by atoms with Gasteiger partial charge < -0.3 is 19.6 Å². The zero-order valence-electron chi connectivity index (χ0n) is 15.3. The molecule has 0 radical (unpaired) electrons. The van der Waals surface area contributed by atoms with Gasteiger partial charge in [-0.1, -0.05) is 41.9 Å². The van der Waals surface area contributed by atoms with Gasteiger partial charge in [0.15, 0.2) is 6.10 Å². The number of amides is 2. The molecule has 154 valence electrons. The molecule has 2 aromatic carbocycles. The Kier molecular flexibility index (Phi) is 6.66. The van der Waals surface area contributed by atoms with E-state index < -0.39 is 24.5 Å². The average molecular weight is 425 g/mol. The number of benzene rings is 2. The number of hydrogen-bond acceptors (Lipinski definition) is 4. The van der Waals surface area contributed by atoms with Crippen molar-refractivity contribution in [2.45, 2.75) is 12.7 Å². The van der Waals surface area contributed by atoms with Crippen molar-refractivity contribution in [2.75, 3.05) is 26.2 Å². The maximum Gasteiger partial charge on any atom is 0.387 e. The molecule has 1 heterocycles. The third-order valence-electron chi connectivity index (χ3n) is 4.65. The number of carbonyl (C=O) groups excluding carboxylic acids is 2. The predicted molar refractivity (Wildman–Crippen MR) is 102 cm³/mol. The minimum atomic E-state index is -3.04. The number of nitrogens with zero attached hydrogens (tertiary/aromatic N) is 2. The van der Waals surface area contributed by atoms with Gasteiger partial charge in [0.25, 0.3) is 11.8 Å². The van der Waals surface area contributed by atoms with Crippen LogP contribution in [0, 0.1) is 0 Å². The Morgan fingerprint density at radius 2 is 1.55 bits per heavy atom. The topological polar surface area (TPSA) is 70.1 Å². The van der Waals surface area contributed by atoms with Crippen LogP contribution in [0.5, 0.6) is 5.75 Å². The molecule has 1 aliphatic rings. The molecule has 1 fully saturated rings. The molecule has 0 aliphatic carbocycles. The smallest absolute Gasteiger partial charge is 0.387 e. The van der Waals surface area contributed by atoms with Gasteiger partial charge in [0.05, 0.1) is 5.56 Å². The Bertz CT molecular complexity index is 888. The Hall–Kier alpha value is -2.71.